The second-order valence-corrected chi connectivity index (χ2v) is 8.26. The lowest BCUT2D eigenvalue weighted by Gasteiger charge is -2.38. The number of carbonyl (C=O) groups is 1. The first-order valence-corrected chi connectivity index (χ1v) is 9.75. The van der Waals surface area contributed by atoms with Crippen molar-refractivity contribution in [3.8, 4) is 11.5 Å². The molecule has 0 heterocycles. The van der Waals surface area contributed by atoms with Gasteiger partial charge in [-0.2, -0.15) is 0 Å². The Bertz CT molecular complexity index is 845. The summed E-state index contributed by atoms with van der Waals surface area (Å²) in [5, 5.41) is 9.58. The number of rotatable bonds is 6. The van der Waals surface area contributed by atoms with Gasteiger partial charge in [0.15, 0.2) is 0 Å². The predicted molar refractivity (Wildman–Crippen MR) is 104 cm³/mol. The molecule has 0 saturated carbocycles. The first kappa shape index (κ1) is 18.7. The second-order valence-electron chi connectivity index (χ2n) is 5.57. The lowest BCUT2D eigenvalue weighted by Crippen LogP contribution is -2.12. The van der Waals surface area contributed by atoms with Crippen LogP contribution in [0.4, 0.5) is 4.79 Å². The average Bonchev–Trinajstić information content (AvgIpc) is 2.73. The molecule has 0 aliphatic rings. The number of benzene rings is 3. The Labute approximate surface area is 159 Å². The molecule has 1 N–H and O–H groups in total. The fraction of sp³-hybridized carbons (Fsp3) is 0.0952. The van der Waals surface area contributed by atoms with Gasteiger partial charge in [0.1, 0.15) is 11.5 Å². The zero-order valence-corrected chi connectivity index (χ0v) is 15.8. The summed E-state index contributed by atoms with van der Waals surface area (Å²) in [6.07, 6.45) is -1.33. The molecule has 0 fully saturated rings. The van der Waals surface area contributed by atoms with Crippen molar-refractivity contribution in [2.75, 3.05) is 14.2 Å². The SMILES string of the molecule is COc1ccc(S(OC(=O)O)(c2ccccc2)c2ccc(OC)cc2)cc1. The van der Waals surface area contributed by atoms with Crippen LogP contribution < -0.4 is 9.47 Å². The van der Waals surface area contributed by atoms with Gasteiger partial charge in [0, 0.05) is 14.7 Å². The molecule has 0 aliphatic carbocycles. The largest absolute Gasteiger partial charge is 0.517 e. The van der Waals surface area contributed by atoms with Gasteiger partial charge >= 0.3 is 6.16 Å². The molecule has 5 nitrogen and oxygen atoms in total. The third-order valence-corrected chi connectivity index (χ3v) is 7.25. The van der Waals surface area contributed by atoms with Crippen LogP contribution in [0, 0.1) is 0 Å². The first-order chi connectivity index (χ1) is 13.1. The van der Waals surface area contributed by atoms with E-state index in [2.05, 4.69) is 0 Å². The van der Waals surface area contributed by atoms with Crippen LogP contribution in [-0.2, 0) is 4.18 Å². The average molecular weight is 384 g/mol. The van der Waals surface area contributed by atoms with Crippen molar-refractivity contribution in [2.24, 2.45) is 0 Å². The van der Waals surface area contributed by atoms with Crippen molar-refractivity contribution in [1.29, 1.82) is 0 Å². The fourth-order valence-electron chi connectivity index (χ4n) is 2.81. The van der Waals surface area contributed by atoms with Crippen molar-refractivity contribution >= 4 is 16.5 Å². The molecule has 3 aromatic rings. The molecule has 27 heavy (non-hydrogen) atoms. The van der Waals surface area contributed by atoms with E-state index < -0.39 is 16.5 Å². The van der Waals surface area contributed by atoms with Crippen LogP contribution in [0.1, 0.15) is 0 Å². The number of carboxylic acid groups (broad SMARTS) is 1. The molecule has 140 valence electrons. The van der Waals surface area contributed by atoms with E-state index in [1.807, 2.05) is 54.6 Å². The Morgan fingerprint density at radius 1 is 0.704 bits per heavy atom. The second kappa shape index (κ2) is 8.05. The predicted octanol–water partition coefficient (Wildman–Crippen LogP) is 5.60. The highest BCUT2D eigenvalue weighted by Gasteiger charge is 2.35. The fourth-order valence-corrected chi connectivity index (χ4v) is 5.70. The summed E-state index contributed by atoms with van der Waals surface area (Å²) in [6.45, 7) is 0. The maximum absolute atomic E-state index is 11.7. The quantitative estimate of drug-likeness (QED) is 0.600. The van der Waals surface area contributed by atoms with Gasteiger partial charge < -0.3 is 18.8 Å². The van der Waals surface area contributed by atoms with Crippen LogP contribution >= 0.6 is 10.3 Å². The van der Waals surface area contributed by atoms with E-state index >= 15 is 0 Å². The molecular weight excluding hydrogens is 364 g/mol. The van der Waals surface area contributed by atoms with E-state index in [9.17, 15) is 9.90 Å². The van der Waals surface area contributed by atoms with Crippen molar-refractivity contribution in [1.82, 2.24) is 0 Å². The normalized spacial score (nSPS) is 11.5. The Morgan fingerprint density at radius 3 is 1.48 bits per heavy atom. The first-order valence-electron chi connectivity index (χ1n) is 8.19. The molecule has 0 bridgehead atoms. The van der Waals surface area contributed by atoms with Crippen LogP contribution in [0.5, 0.6) is 11.5 Å². The highest BCUT2D eigenvalue weighted by atomic mass is 32.3. The molecule has 0 aliphatic heterocycles. The summed E-state index contributed by atoms with van der Waals surface area (Å²) in [6, 6.07) is 24.0. The zero-order valence-electron chi connectivity index (χ0n) is 15.0. The van der Waals surface area contributed by atoms with Crippen molar-refractivity contribution < 1.29 is 23.6 Å². The summed E-state index contributed by atoms with van der Waals surface area (Å²) >= 11 is 0. The van der Waals surface area contributed by atoms with Crippen LogP contribution in [0.15, 0.2) is 93.5 Å². The minimum atomic E-state index is -2.49. The summed E-state index contributed by atoms with van der Waals surface area (Å²) in [4.78, 5) is 14.0. The van der Waals surface area contributed by atoms with Crippen LogP contribution in [-0.4, -0.2) is 25.5 Å². The third-order valence-electron chi connectivity index (χ3n) is 4.05. The molecule has 3 aromatic carbocycles. The van der Waals surface area contributed by atoms with Gasteiger partial charge in [0.25, 0.3) is 0 Å². The van der Waals surface area contributed by atoms with Crippen molar-refractivity contribution in [2.45, 2.75) is 14.7 Å². The molecular formula is C21H20O5S. The van der Waals surface area contributed by atoms with Crippen LogP contribution in [0.2, 0.25) is 0 Å². The maximum Gasteiger partial charge on any atom is 0.517 e. The van der Waals surface area contributed by atoms with E-state index in [0.29, 0.717) is 11.5 Å². The molecule has 0 radical (unpaired) electrons. The molecule has 0 saturated heterocycles. The molecule has 0 amide bonds. The van der Waals surface area contributed by atoms with Gasteiger partial charge in [0.05, 0.1) is 14.2 Å². The van der Waals surface area contributed by atoms with E-state index in [0.717, 1.165) is 14.7 Å². The summed E-state index contributed by atoms with van der Waals surface area (Å²) in [5.41, 5.74) is 0. The van der Waals surface area contributed by atoms with Gasteiger partial charge in [-0.05, 0) is 71.0 Å². The summed E-state index contributed by atoms with van der Waals surface area (Å²) < 4.78 is 16.1. The van der Waals surface area contributed by atoms with Gasteiger partial charge in [-0.15, -0.1) is 0 Å². The van der Waals surface area contributed by atoms with E-state index in [-0.39, 0.29) is 0 Å². The summed E-state index contributed by atoms with van der Waals surface area (Å²) in [7, 11) is 0.681. The van der Waals surface area contributed by atoms with Crippen LogP contribution in [0.25, 0.3) is 0 Å². The van der Waals surface area contributed by atoms with Gasteiger partial charge in [0.2, 0.25) is 0 Å². The summed E-state index contributed by atoms with van der Waals surface area (Å²) in [5.74, 6) is 1.37. The Balaban J connectivity index is 2.28. The molecule has 0 unspecified atom stereocenters. The van der Waals surface area contributed by atoms with Gasteiger partial charge in [-0.25, -0.2) is 4.79 Å². The molecule has 0 atom stereocenters. The minimum Gasteiger partial charge on any atom is -0.497 e. The minimum absolute atomic E-state index is 0.685. The van der Waals surface area contributed by atoms with E-state index in [1.165, 1.54) is 0 Å². The molecule has 6 heteroatoms. The topological polar surface area (TPSA) is 65.0 Å². The molecule has 3 rings (SSSR count). The van der Waals surface area contributed by atoms with Gasteiger partial charge in [-0.1, -0.05) is 18.2 Å². The van der Waals surface area contributed by atoms with E-state index in [4.69, 9.17) is 13.7 Å². The van der Waals surface area contributed by atoms with E-state index in [1.54, 1.807) is 38.5 Å². The molecule has 0 spiro atoms. The standard InChI is InChI=1S/C21H20O5S/c1-24-16-8-12-19(13-9-16)27(26-21(22)23,18-6-4-3-5-7-18)20-14-10-17(25-2)11-15-20/h3-15H,1-2H3,(H,22,23). The Kier molecular flexibility index (Phi) is 5.57. The number of hydrogen-bond acceptors (Lipinski definition) is 4. The lowest BCUT2D eigenvalue weighted by molar-refractivity contribution is 0.150. The number of ether oxygens (including phenoxy) is 2. The van der Waals surface area contributed by atoms with Crippen LogP contribution in [0.3, 0.4) is 0 Å². The molecule has 0 aromatic heterocycles. The number of methoxy groups -OCH3 is 2. The number of hydrogen-bond donors (Lipinski definition) is 1. The smallest absolute Gasteiger partial charge is 0.497 e. The maximum atomic E-state index is 11.7. The van der Waals surface area contributed by atoms with Crippen molar-refractivity contribution in [3.05, 3.63) is 78.9 Å². The van der Waals surface area contributed by atoms with Gasteiger partial charge in [-0.3, -0.25) is 0 Å². The zero-order chi connectivity index (χ0) is 19.3. The highest BCUT2D eigenvalue weighted by molar-refractivity contribution is 8.30. The lowest BCUT2D eigenvalue weighted by atomic mass is 10.3. The Hall–Kier alpha value is -3.12. The monoisotopic (exact) mass is 384 g/mol. The Morgan fingerprint density at radius 2 is 1.11 bits per heavy atom. The highest BCUT2D eigenvalue weighted by Crippen LogP contribution is 2.69. The van der Waals surface area contributed by atoms with Crippen molar-refractivity contribution in [3.63, 3.8) is 0 Å². The third kappa shape index (κ3) is 3.71.